The van der Waals surface area contributed by atoms with E-state index in [-0.39, 0.29) is 6.42 Å². The molecule has 1 atom stereocenters. The van der Waals surface area contributed by atoms with Gasteiger partial charge < -0.3 is 14.9 Å². The Balaban J connectivity index is 3.12. The fourth-order valence-electron chi connectivity index (χ4n) is 1.85. The maximum absolute atomic E-state index is 10.8. The highest BCUT2D eigenvalue weighted by atomic mass is 16.5. The van der Waals surface area contributed by atoms with Gasteiger partial charge in [-0.1, -0.05) is 13.0 Å². The van der Waals surface area contributed by atoms with Crippen LogP contribution in [0.2, 0.25) is 0 Å². The molecule has 0 radical (unpaired) electrons. The largest absolute Gasteiger partial charge is 0.496 e. The molecule has 0 fully saturated rings. The van der Waals surface area contributed by atoms with Crippen molar-refractivity contribution >= 4 is 5.97 Å². The second kappa shape index (κ2) is 5.19. The van der Waals surface area contributed by atoms with Crippen LogP contribution in [0.3, 0.4) is 0 Å². The van der Waals surface area contributed by atoms with Crippen LogP contribution in [0.4, 0.5) is 0 Å². The standard InChI is InChI=1S/C13H18O4/c1-4-13(16,8-12(14)15)10-5-6-11(17-3)9(2)7-10/h5-7,16H,4,8H2,1-3H3,(H,14,15). The van der Waals surface area contributed by atoms with Crippen molar-refractivity contribution in [3.05, 3.63) is 29.3 Å². The minimum Gasteiger partial charge on any atom is -0.496 e. The predicted molar refractivity (Wildman–Crippen MR) is 64.2 cm³/mol. The van der Waals surface area contributed by atoms with Crippen molar-refractivity contribution in [2.24, 2.45) is 0 Å². The Morgan fingerprint density at radius 1 is 1.47 bits per heavy atom. The molecule has 0 aromatic heterocycles. The summed E-state index contributed by atoms with van der Waals surface area (Å²) in [5.74, 6) is -0.287. The molecule has 0 amide bonds. The lowest BCUT2D eigenvalue weighted by Gasteiger charge is -2.26. The number of benzene rings is 1. The molecule has 1 rings (SSSR count). The van der Waals surface area contributed by atoms with Crippen molar-refractivity contribution in [2.45, 2.75) is 32.3 Å². The zero-order valence-corrected chi connectivity index (χ0v) is 10.4. The molecule has 1 aromatic rings. The highest BCUT2D eigenvalue weighted by Crippen LogP contribution is 2.31. The quantitative estimate of drug-likeness (QED) is 0.824. The van der Waals surface area contributed by atoms with Crippen molar-refractivity contribution in [3.63, 3.8) is 0 Å². The summed E-state index contributed by atoms with van der Waals surface area (Å²) in [6.45, 7) is 3.63. The fraction of sp³-hybridized carbons (Fsp3) is 0.462. The van der Waals surface area contributed by atoms with E-state index in [2.05, 4.69) is 0 Å². The summed E-state index contributed by atoms with van der Waals surface area (Å²) in [6.07, 6.45) is 0.0559. The van der Waals surface area contributed by atoms with Gasteiger partial charge >= 0.3 is 5.97 Å². The number of ether oxygens (including phenoxy) is 1. The number of hydrogen-bond donors (Lipinski definition) is 2. The van der Waals surface area contributed by atoms with E-state index in [4.69, 9.17) is 9.84 Å². The molecule has 0 spiro atoms. The molecular weight excluding hydrogens is 220 g/mol. The van der Waals surface area contributed by atoms with Crippen molar-refractivity contribution in [1.29, 1.82) is 0 Å². The number of methoxy groups -OCH3 is 1. The topological polar surface area (TPSA) is 66.8 Å². The monoisotopic (exact) mass is 238 g/mol. The maximum atomic E-state index is 10.8. The second-order valence-corrected chi connectivity index (χ2v) is 4.14. The van der Waals surface area contributed by atoms with Crippen molar-refractivity contribution in [1.82, 2.24) is 0 Å². The van der Waals surface area contributed by atoms with E-state index < -0.39 is 11.6 Å². The van der Waals surface area contributed by atoms with E-state index in [0.29, 0.717) is 12.0 Å². The van der Waals surface area contributed by atoms with Crippen molar-refractivity contribution in [3.8, 4) is 5.75 Å². The number of rotatable bonds is 5. The van der Waals surface area contributed by atoms with E-state index in [9.17, 15) is 9.90 Å². The number of aliphatic hydroxyl groups is 1. The number of hydrogen-bond acceptors (Lipinski definition) is 3. The average Bonchev–Trinajstić information content (AvgIpc) is 2.27. The summed E-state index contributed by atoms with van der Waals surface area (Å²) in [5, 5.41) is 19.2. The first-order chi connectivity index (χ1) is 7.92. The Kier molecular flexibility index (Phi) is 4.12. The first-order valence-electron chi connectivity index (χ1n) is 5.52. The number of carboxylic acid groups (broad SMARTS) is 1. The van der Waals surface area contributed by atoms with Gasteiger partial charge in [-0.2, -0.15) is 0 Å². The molecule has 4 heteroatoms. The number of aliphatic carboxylic acids is 1. The van der Waals surface area contributed by atoms with Gasteiger partial charge in [0.05, 0.1) is 19.1 Å². The third kappa shape index (κ3) is 2.97. The van der Waals surface area contributed by atoms with Crippen LogP contribution in [0, 0.1) is 6.92 Å². The molecule has 0 saturated heterocycles. The third-order valence-corrected chi connectivity index (χ3v) is 2.96. The molecule has 2 N–H and O–H groups in total. The molecule has 0 heterocycles. The van der Waals surface area contributed by atoms with Crippen LogP contribution >= 0.6 is 0 Å². The van der Waals surface area contributed by atoms with Gasteiger partial charge in [-0.3, -0.25) is 4.79 Å². The fourth-order valence-corrected chi connectivity index (χ4v) is 1.85. The van der Waals surface area contributed by atoms with E-state index in [1.807, 2.05) is 6.92 Å². The van der Waals surface area contributed by atoms with Gasteiger partial charge in [0, 0.05) is 0 Å². The van der Waals surface area contributed by atoms with E-state index in [1.165, 1.54) is 0 Å². The molecule has 94 valence electrons. The third-order valence-electron chi connectivity index (χ3n) is 2.96. The van der Waals surface area contributed by atoms with Gasteiger partial charge in [0.2, 0.25) is 0 Å². The molecule has 1 aromatic carbocycles. The molecular formula is C13H18O4. The highest BCUT2D eigenvalue weighted by molar-refractivity contribution is 5.68. The minimum absolute atomic E-state index is 0.296. The Labute approximate surface area is 101 Å². The van der Waals surface area contributed by atoms with Crippen LogP contribution in [0.25, 0.3) is 0 Å². The van der Waals surface area contributed by atoms with Crippen LogP contribution in [0.15, 0.2) is 18.2 Å². The van der Waals surface area contributed by atoms with E-state index >= 15 is 0 Å². The van der Waals surface area contributed by atoms with Crippen LogP contribution in [0.5, 0.6) is 5.75 Å². The summed E-state index contributed by atoms with van der Waals surface area (Å²) < 4.78 is 5.13. The zero-order valence-electron chi connectivity index (χ0n) is 10.4. The van der Waals surface area contributed by atoms with Gasteiger partial charge in [0.25, 0.3) is 0 Å². The van der Waals surface area contributed by atoms with E-state index in [1.54, 1.807) is 32.2 Å². The van der Waals surface area contributed by atoms with Gasteiger partial charge in [-0.15, -0.1) is 0 Å². The van der Waals surface area contributed by atoms with Gasteiger partial charge in [-0.05, 0) is 36.6 Å². The molecule has 0 aliphatic rings. The first kappa shape index (κ1) is 13.5. The van der Waals surface area contributed by atoms with Crippen LogP contribution in [0.1, 0.15) is 30.9 Å². The van der Waals surface area contributed by atoms with Crippen molar-refractivity contribution in [2.75, 3.05) is 7.11 Å². The summed E-state index contributed by atoms with van der Waals surface area (Å²) in [5.41, 5.74) is 0.172. The number of carboxylic acids is 1. The Hall–Kier alpha value is -1.55. The Morgan fingerprint density at radius 2 is 2.12 bits per heavy atom. The molecule has 0 aliphatic carbocycles. The van der Waals surface area contributed by atoms with Crippen LogP contribution in [-0.2, 0) is 10.4 Å². The highest BCUT2D eigenvalue weighted by Gasteiger charge is 2.30. The lowest BCUT2D eigenvalue weighted by atomic mass is 9.87. The SMILES string of the molecule is CCC(O)(CC(=O)O)c1ccc(OC)c(C)c1. The smallest absolute Gasteiger partial charge is 0.306 e. The van der Waals surface area contributed by atoms with Crippen LogP contribution < -0.4 is 4.74 Å². The summed E-state index contributed by atoms with van der Waals surface area (Å²) in [6, 6.07) is 5.22. The van der Waals surface area contributed by atoms with Gasteiger partial charge in [0.15, 0.2) is 0 Å². The molecule has 0 saturated carbocycles. The summed E-state index contributed by atoms with van der Waals surface area (Å²) in [4.78, 5) is 10.8. The normalized spacial score (nSPS) is 14.1. The number of carbonyl (C=O) groups is 1. The average molecular weight is 238 g/mol. The van der Waals surface area contributed by atoms with Crippen molar-refractivity contribution < 1.29 is 19.7 Å². The lowest BCUT2D eigenvalue weighted by Crippen LogP contribution is -2.28. The minimum atomic E-state index is -1.32. The second-order valence-electron chi connectivity index (χ2n) is 4.14. The lowest BCUT2D eigenvalue weighted by molar-refractivity contribution is -0.143. The predicted octanol–water partition coefficient (Wildman–Crippen LogP) is 2.08. The van der Waals surface area contributed by atoms with Gasteiger partial charge in [-0.25, -0.2) is 0 Å². The Morgan fingerprint density at radius 3 is 2.53 bits per heavy atom. The summed E-state index contributed by atoms with van der Waals surface area (Å²) in [7, 11) is 1.57. The molecule has 17 heavy (non-hydrogen) atoms. The molecule has 4 nitrogen and oxygen atoms in total. The van der Waals surface area contributed by atoms with Crippen LogP contribution in [-0.4, -0.2) is 23.3 Å². The van der Waals surface area contributed by atoms with Gasteiger partial charge in [0.1, 0.15) is 5.75 Å². The molecule has 0 bridgehead atoms. The first-order valence-corrected chi connectivity index (χ1v) is 5.52. The summed E-state index contributed by atoms with van der Waals surface area (Å²) >= 11 is 0. The maximum Gasteiger partial charge on any atom is 0.306 e. The zero-order chi connectivity index (χ0) is 13.1. The number of aryl methyl sites for hydroxylation is 1. The Bertz CT molecular complexity index is 414. The van der Waals surface area contributed by atoms with E-state index in [0.717, 1.165) is 11.3 Å². The molecule has 0 aliphatic heterocycles. The molecule has 1 unspecified atom stereocenters.